The van der Waals surface area contributed by atoms with Gasteiger partial charge in [0.2, 0.25) is 0 Å². The van der Waals surface area contributed by atoms with E-state index in [1.54, 1.807) is 0 Å². The maximum atomic E-state index is 6.12. The minimum absolute atomic E-state index is 0.0942. The van der Waals surface area contributed by atoms with E-state index in [1.165, 1.54) is 25.1 Å². The van der Waals surface area contributed by atoms with Crippen LogP contribution in [0.1, 0.15) is 25.3 Å². The molecule has 1 aliphatic rings. The average Bonchev–Trinajstić information content (AvgIpc) is 2.91. The van der Waals surface area contributed by atoms with Gasteiger partial charge in [-0.05, 0) is 58.3 Å². The highest BCUT2D eigenvalue weighted by atomic mass is 15.2. The van der Waals surface area contributed by atoms with Gasteiger partial charge in [-0.1, -0.05) is 30.3 Å². The van der Waals surface area contributed by atoms with Crippen molar-refractivity contribution >= 4 is 0 Å². The van der Waals surface area contributed by atoms with Crippen LogP contribution in [-0.2, 0) is 6.42 Å². The van der Waals surface area contributed by atoms with Crippen molar-refractivity contribution in [3.05, 3.63) is 35.9 Å². The molecule has 1 saturated heterocycles. The van der Waals surface area contributed by atoms with Crippen molar-refractivity contribution < 1.29 is 0 Å². The molecule has 1 heterocycles. The monoisotopic (exact) mass is 289 g/mol. The van der Waals surface area contributed by atoms with Gasteiger partial charge < -0.3 is 10.6 Å². The fourth-order valence-corrected chi connectivity index (χ4v) is 3.29. The van der Waals surface area contributed by atoms with Gasteiger partial charge in [0.05, 0.1) is 0 Å². The summed E-state index contributed by atoms with van der Waals surface area (Å²) in [5, 5.41) is 0. The molecule has 2 unspecified atom stereocenters. The van der Waals surface area contributed by atoms with Gasteiger partial charge in [-0.15, -0.1) is 0 Å². The molecule has 21 heavy (non-hydrogen) atoms. The minimum atomic E-state index is 0.0942. The molecule has 2 atom stereocenters. The van der Waals surface area contributed by atoms with Crippen molar-refractivity contribution in [1.29, 1.82) is 0 Å². The summed E-state index contributed by atoms with van der Waals surface area (Å²) in [4.78, 5) is 4.93. The van der Waals surface area contributed by atoms with Gasteiger partial charge in [-0.3, -0.25) is 4.90 Å². The molecule has 118 valence electrons. The van der Waals surface area contributed by atoms with Crippen LogP contribution in [0, 0.1) is 5.92 Å². The third-order valence-corrected chi connectivity index (χ3v) is 5.18. The lowest BCUT2D eigenvalue weighted by Gasteiger charge is -2.39. The van der Waals surface area contributed by atoms with Crippen molar-refractivity contribution in [3.63, 3.8) is 0 Å². The molecule has 0 bridgehead atoms. The standard InChI is InChI=1S/C18H31N3/c1-18(15-19,11-9-16-7-5-4-6-8-16)21(3)14-17-10-12-20(2)13-17/h4-8,17H,9-15,19H2,1-3H3. The fraction of sp³-hybridized carbons (Fsp3) is 0.667. The molecule has 1 aliphatic heterocycles. The number of likely N-dealkylation sites (tertiary alicyclic amines) is 1. The van der Waals surface area contributed by atoms with Crippen LogP contribution < -0.4 is 5.73 Å². The van der Waals surface area contributed by atoms with Gasteiger partial charge in [-0.25, -0.2) is 0 Å². The van der Waals surface area contributed by atoms with Crippen LogP contribution in [0.15, 0.2) is 30.3 Å². The fourth-order valence-electron chi connectivity index (χ4n) is 3.29. The van der Waals surface area contributed by atoms with E-state index in [9.17, 15) is 0 Å². The first-order chi connectivity index (χ1) is 10.0. The summed E-state index contributed by atoms with van der Waals surface area (Å²) in [5.41, 5.74) is 7.62. The second kappa shape index (κ2) is 7.39. The summed E-state index contributed by atoms with van der Waals surface area (Å²) in [6.45, 7) is 6.66. The number of rotatable bonds is 7. The van der Waals surface area contributed by atoms with E-state index in [0.717, 1.165) is 31.8 Å². The average molecular weight is 289 g/mol. The largest absolute Gasteiger partial charge is 0.329 e. The van der Waals surface area contributed by atoms with E-state index >= 15 is 0 Å². The first-order valence-electron chi connectivity index (χ1n) is 8.17. The number of likely N-dealkylation sites (N-methyl/N-ethyl adjacent to an activating group) is 1. The zero-order valence-electron chi connectivity index (χ0n) is 13.9. The summed E-state index contributed by atoms with van der Waals surface area (Å²) in [5.74, 6) is 0.794. The first-order valence-corrected chi connectivity index (χ1v) is 8.17. The smallest absolute Gasteiger partial charge is 0.0303 e. The third-order valence-electron chi connectivity index (χ3n) is 5.18. The Hall–Kier alpha value is -0.900. The quantitative estimate of drug-likeness (QED) is 0.835. The molecule has 0 aromatic heterocycles. The molecule has 2 N–H and O–H groups in total. The van der Waals surface area contributed by atoms with Crippen molar-refractivity contribution in [2.45, 2.75) is 31.7 Å². The molecule has 3 nitrogen and oxygen atoms in total. The van der Waals surface area contributed by atoms with Crippen LogP contribution in [0.5, 0.6) is 0 Å². The number of nitrogens with two attached hydrogens (primary N) is 1. The predicted molar refractivity (Wildman–Crippen MR) is 90.5 cm³/mol. The van der Waals surface area contributed by atoms with Gasteiger partial charge in [0.15, 0.2) is 0 Å². The van der Waals surface area contributed by atoms with Gasteiger partial charge in [0.25, 0.3) is 0 Å². The van der Waals surface area contributed by atoms with E-state index in [0.29, 0.717) is 0 Å². The summed E-state index contributed by atoms with van der Waals surface area (Å²) >= 11 is 0. The van der Waals surface area contributed by atoms with E-state index in [4.69, 9.17) is 5.73 Å². The highest BCUT2D eigenvalue weighted by molar-refractivity contribution is 5.15. The van der Waals surface area contributed by atoms with Gasteiger partial charge in [-0.2, -0.15) is 0 Å². The molecular formula is C18H31N3. The first kappa shape index (κ1) is 16.5. The Kier molecular flexibility index (Phi) is 5.80. The lowest BCUT2D eigenvalue weighted by molar-refractivity contribution is 0.114. The van der Waals surface area contributed by atoms with Crippen LogP contribution in [-0.4, -0.2) is 55.6 Å². The number of hydrogen-bond donors (Lipinski definition) is 1. The van der Waals surface area contributed by atoms with Crippen molar-refractivity contribution in [1.82, 2.24) is 9.80 Å². The SMILES string of the molecule is CN1CCC(CN(C)C(C)(CN)CCc2ccccc2)C1. The van der Waals surface area contributed by atoms with Crippen molar-refractivity contribution in [2.75, 3.05) is 40.3 Å². The number of nitrogens with zero attached hydrogens (tertiary/aromatic N) is 2. The Morgan fingerprint density at radius 2 is 2.05 bits per heavy atom. The second-order valence-corrected chi connectivity index (χ2v) is 6.98. The van der Waals surface area contributed by atoms with Crippen LogP contribution in [0.4, 0.5) is 0 Å². The Balaban J connectivity index is 1.89. The summed E-state index contributed by atoms with van der Waals surface area (Å²) in [6, 6.07) is 10.7. The summed E-state index contributed by atoms with van der Waals surface area (Å²) in [7, 11) is 4.47. The molecule has 0 radical (unpaired) electrons. The van der Waals surface area contributed by atoms with Crippen LogP contribution in [0.25, 0.3) is 0 Å². The molecule has 1 aromatic rings. The molecule has 2 rings (SSSR count). The topological polar surface area (TPSA) is 32.5 Å². The Morgan fingerprint density at radius 1 is 1.33 bits per heavy atom. The predicted octanol–water partition coefficient (Wildman–Crippen LogP) is 2.22. The molecule has 0 spiro atoms. The molecular weight excluding hydrogens is 258 g/mol. The maximum absolute atomic E-state index is 6.12. The molecule has 0 aliphatic carbocycles. The van der Waals surface area contributed by atoms with E-state index < -0.39 is 0 Å². The zero-order chi connectivity index (χ0) is 15.3. The van der Waals surface area contributed by atoms with Gasteiger partial charge >= 0.3 is 0 Å². The van der Waals surface area contributed by atoms with Crippen molar-refractivity contribution in [2.24, 2.45) is 11.7 Å². The molecule has 0 amide bonds. The third kappa shape index (κ3) is 4.53. The maximum Gasteiger partial charge on any atom is 0.0303 e. The zero-order valence-corrected chi connectivity index (χ0v) is 13.9. The van der Waals surface area contributed by atoms with E-state index in [2.05, 4.69) is 61.2 Å². The van der Waals surface area contributed by atoms with Crippen LogP contribution >= 0.6 is 0 Å². The Bertz CT molecular complexity index is 420. The number of aryl methyl sites for hydroxylation is 1. The van der Waals surface area contributed by atoms with Crippen molar-refractivity contribution in [3.8, 4) is 0 Å². The summed E-state index contributed by atoms with van der Waals surface area (Å²) < 4.78 is 0. The Labute approximate surface area is 130 Å². The number of benzene rings is 1. The molecule has 0 saturated carbocycles. The highest BCUT2D eigenvalue weighted by Gasteiger charge is 2.30. The molecule has 1 fully saturated rings. The Morgan fingerprint density at radius 3 is 2.62 bits per heavy atom. The molecule has 3 heteroatoms. The lowest BCUT2D eigenvalue weighted by atomic mass is 9.90. The van der Waals surface area contributed by atoms with Gasteiger partial charge in [0.1, 0.15) is 0 Å². The van der Waals surface area contributed by atoms with E-state index in [-0.39, 0.29) is 5.54 Å². The molecule has 1 aromatic carbocycles. The van der Waals surface area contributed by atoms with Crippen LogP contribution in [0.3, 0.4) is 0 Å². The highest BCUT2D eigenvalue weighted by Crippen LogP contribution is 2.23. The van der Waals surface area contributed by atoms with Gasteiger partial charge in [0, 0.05) is 25.2 Å². The van der Waals surface area contributed by atoms with Crippen LogP contribution in [0.2, 0.25) is 0 Å². The normalized spacial score (nSPS) is 22.6. The number of hydrogen-bond acceptors (Lipinski definition) is 3. The van der Waals surface area contributed by atoms with E-state index in [1.807, 2.05) is 0 Å². The lowest BCUT2D eigenvalue weighted by Crippen LogP contribution is -2.51. The minimum Gasteiger partial charge on any atom is -0.329 e. The summed E-state index contributed by atoms with van der Waals surface area (Å²) in [6.07, 6.45) is 3.54. The second-order valence-electron chi connectivity index (χ2n) is 6.98.